The molecule has 9 nitrogen and oxygen atoms in total. The summed E-state index contributed by atoms with van der Waals surface area (Å²) in [5.74, 6) is -2.69. The van der Waals surface area contributed by atoms with Crippen molar-refractivity contribution < 1.29 is 44.7 Å². The van der Waals surface area contributed by atoms with Crippen LogP contribution in [0.3, 0.4) is 0 Å². The average molecular weight is 647 g/mol. The molecule has 0 aromatic carbocycles. The number of aliphatic hydroxyl groups is 3. The largest absolute Gasteiger partial charge is 0.481 e. The quantitative estimate of drug-likeness (QED) is 0.128. The minimum atomic E-state index is -1.73. The zero-order chi connectivity index (χ0) is 34.6. The SMILES string of the molecule is C=C(CCC(C)C1CCC2(C)C3=C(CC(O)C12C)C1(C)CCC(OC(=O)CC(C)(O)CC(=O)O)C(C)(CO)C1CC3)C(C)C(=O)O. The van der Waals surface area contributed by atoms with Gasteiger partial charge in [-0.1, -0.05) is 57.9 Å². The van der Waals surface area contributed by atoms with Crippen molar-refractivity contribution in [1.29, 1.82) is 0 Å². The maximum absolute atomic E-state index is 12.9. The van der Waals surface area contributed by atoms with Crippen LogP contribution in [0.2, 0.25) is 0 Å². The molecule has 5 N–H and O–H groups in total. The molecule has 4 rings (SSSR count). The molecule has 0 aromatic heterocycles. The van der Waals surface area contributed by atoms with E-state index < -0.39 is 59.9 Å². The fraction of sp³-hybridized carbons (Fsp3) is 0.811. The molecule has 2 saturated carbocycles. The van der Waals surface area contributed by atoms with Gasteiger partial charge in [0, 0.05) is 10.8 Å². The predicted octanol–water partition coefficient (Wildman–Crippen LogP) is 5.90. The zero-order valence-electron chi connectivity index (χ0n) is 29.0. The number of ether oxygens (including phenoxy) is 1. The molecule has 0 amide bonds. The molecule has 4 aliphatic rings. The van der Waals surface area contributed by atoms with E-state index in [4.69, 9.17) is 9.84 Å². The van der Waals surface area contributed by atoms with Crippen LogP contribution in [0, 0.1) is 45.3 Å². The van der Waals surface area contributed by atoms with Crippen LogP contribution in [0.4, 0.5) is 0 Å². The first kappa shape index (κ1) is 36.6. The number of fused-ring (bicyclic) bond motifs is 4. The van der Waals surface area contributed by atoms with Crippen molar-refractivity contribution in [1.82, 2.24) is 0 Å². The second kappa shape index (κ2) is 12.7. The number of allylic oxidation sites excluding steroid dienone is 1. The van der Waals surface area contributed by atoms with E-state index in [0.29, 0.717) is 25.2 Å². The van der Waals surface area contributed by atoms with Gasteiger partial charge in [-0.3, -0.25) is 14.4 Å². The number of hydrogen-bond donors (Lipinski definition) is 5. The van der Waals surface area contributed by atoms with Gasteiger partial charge in [-0.05, 0) is 100 Å². The van der Waals surface area contributed by atoms with Gasteiger partial charge in [0.05, 0.1) is 37.1 Å². The summed E-state index contributed by atoms with van der Waals surface area (Å²) in [6, 6.07) is 0. The third-order valence-corrected chi connectivity index (χ3v) is 13.9. The van der Waals surface area contributed by atoms with E-state index in [2.05, 4.69) is 34.3 Å². The molecular weight excluding hydrogens is 588 g/mol. The number of esters is 1. The zero-order valence-corrected chi connectivity index (χ0v) is 29.0. The molecule has 0 aromatic rings. The fourth-order valence-corrected chi connectivity index (χ4v) is 10.8. The number of aliphatic carboxylic acids is 2. The summed E-state index contributed by atoms with van der Waals surface area (Å²) in [6.45, 7) is 18.0. The molecule has 9 heteroatoms. The minimum Gasteiger partial charge on any atom is -0.481 e. The summed E-state index contributed by atoms with van der Waals surface area (Å²) < 4.78 is 5.92. The summed E-state index contributed by atoms with van der Waals surface area (Å²) in [5.41, 5.74) is 0.233. The third-order valence-electron chi connectivity index (χ3n) is 13.9. The van der Waals surface area contributed by atoms with Crippen molar-refractivity contribution in [2.75, 3.05) is 6.61 Å². The first-order valence-corrected chi connectivity index (χ1v) is 17.2. The van der Waals surface area contributed by atoms with Crippen LogP contribution in [0.1, 0.15) is 119 Å². The summed E-state index contributed by atoms with van der Waals surface area (Å²) >= 11 is 0. The van der Waals surface area contributed by atoms with Crippen molar-refractivity contribution >= 4 is 17.9 Å². The topological polar surface area (TPSA) is 162 Å². The molecule has 0 heterocycles. The number of hydrogen-bond acceptors (Lipinski definition) is 7. The molecule has 0 bridgehead atoms. The van der Waals surface area contributed by atoms with Gasteiger partial charge in [0.1, 0.15) is 6.10 Å². The van der Waals surface area contributed by atoms with E-state index in [9.17, 15) is 34.8 Å². The van der Waals surface area contributed by atoms with Gasteiger partial charge in [0.2, 0.25) is 0 Å². The molecule has 260 valence electrons. The molecule has 0 saturated heterocycles. The number of carboxylic acids is 2. The van der Waals surface area contributed by atoms with E-state index in [1.54, 1.807) is 6.92 Å². The van der Waals surface area contributed by atoms with Crippen LogP contribution in [0.15, 0.2) is 23.3 Å². The van der Waals surface area contributed by atoms with Gasteiger partial charge in [-0.2, -0.15) is 0 Å². The molecule has 0 spiro atoms. The molecular formula is C37H58O9. The van der Waals surface area contributed by atoms with Gasteiger partial charge >= 0.3 is 17.9 Å². The van der Waals surface area contributed by atoms with Crippen molar-refractivity contribution in [3.05, 3.63) is 23.3 Å². The van der Waals surface area contributed by atoms with Crippen LogP contribution in [-0.2, 0) is 19.1 Å². The highest BCUT2D eigenvalue weighted by Gasteiger charge is 2.67. The van der Waals surface area contributed by atoms with Crippen LogP contribution in [0.25, 0.3) is 0 Å². The first-order valence-electron chi connectivity index (χ1n) is 17.2. The summed E-state index contributed by atoms with van der Waals surface area (Å²) in [7, 11) is 0. The Bertz CT molecular complexity index is 1270. The molecule has 0 radical (unpaired) electrons. The Labute approximate surface area is 274 Å². The fourth-order valence-electron chi connectivity index (χ4n) is 10.8. The lowest BCUT2D eigenvalue weighted by Gasteiger charge is -2.63. The maximum Gasteiger partial charge on any atom is 0.310 e. The highest BCUT2D eigenvalue weighted by molar-refractivity contribution is 5.74. The van der Waals surface area contributed by atoms with Crippen molar-refractivity contribution in [2.45, 2.75) is 137 Å². The predicted molar refractivity (Wildman–Crippen MR) is 174 cm³/mol. The van der Waals surface area contributed by atoms with Crippen molar-refractivity contribution in [3.63, 3.8) is 0 Å². The smallest absolute Gasteiger partial charge is 0.310 e. The minimum absolute atomic E-state index is 0.00773. The lowest BCUT2D eigenvalue weighted by molar-refractivity contribution is -0.183. The second-order valence-electron chi connectivity index (χ2n) is 16.6. The summed E-state index contributed by atoms with van der Waals surface area (Å²) in [6.07, 6.45) is 4.86. The Hall–Kier alpha value is -2.23. The Morgan fingerprint density at radius 1 is 1.02 bits per heavy atom. The van der Waals surface area contributed by atoms with Gasteiger partial charge in [0.25, 0.3) is 0 Å². The van der Waals surface area contributed by atoms with E-state index in [1.165, 1.54) is 18.1 Å². The first-order chi connectivity index (χ1) is 21.2. The number of carbonyl (C=O) groups excluding carboxylic acids is 1. The Morgan fingerprint density at radius 2 is 1.67 bits per heavy atom. The monoisotopic (exact) mass is 646 g/mol. The van der Waals surface area contributed by atoms with Crippen LogP contribution >= 0.6 is 0 Å². The van der Waals surface area contributed by atoms with E-state index >= 15 is 0 Å². The van der Waals surface area contributed by atoms with Gasteiger partial charge in [-0.15, -0.1) is 0 Å². The summed E-state index contributed by atoms with van der Waals surface area (Å²) in [4.78, 5) is 35.5. The standard InChI is InChI=1S/C37H58O9/c1-21(23(3)32(43)44)9-10-22(2)24-13-16-36(7)25-11-12-27-34(5,26(25)17-28(39)37(24,36)8)15-14-29(35(27,6)20-38)46-31(42)19-33(4,45)18-30(40)41/h22-24,27-29,38-39,45H,1,9-20H2,2-8H3,(H,40,41)(H,43,44). The molecule has 2 fully saturated rings. The molecule has 11 atom stereocenters. The number of aliphatic hydroxyl groups excluding tert-OH is 2. The third kappa shape index (κ3) is 5.98. The van der Waals surface area contributed by atoms with Gasteiger partial charge in [-0.25, -0.2) is 0 Å². The Kier molecular flexibility index (Phi) is 10.1. The van der Waals surface area contributed by atoms with Crippen LogP contribution in [0.5, 0.6) is 0 Å². The van der Waals surface area contributed by atoms with Crippen LogP contribution in [-0.4, -0.2) is 67.9 Å². The molecule has 0 aliphatic heterocycles. The Morgan fingerprint density at radius 3 is 2.26 bits per heavy atom. The lowest BCUT2D eigenvalue weighted by atomic mass is 9.42. The lowest BCUT2D eigenvalue weighted by Crippen LogP contribution is -2.60. The maximum atomic E-state index is 12.9. The van der Waals surface area contributed by atoms with Gasteiger partial charge in [0.15, 0.2) is 0 Å². The highest BCUT2D eigenvalue weighted by Crippen LogP contribution is 2.72. The van der Waals surface area contributed by atoms with Crippen molar-refractivity contribution in [3.8, 4) is 0 Å². The number of rotatable bonds is 12. The van der Waals surface area contributed by atoms with E-state index in [-0.39, 0.29) is 34.7 Å². The van der Waals surface area contributed by atoms with E-state index in [1.807, 2.05) is 6.92 Å². The number of carbonyl (C=O) groups is 3. The summed E-state index contributed by atoms with van der Waals surface area (Å²) in [5, 5.41) is 51.9. The van der Waals surface area contributed by atoms with Gasteiger partial charge < -0.3 is 30.3 Å². The Balaban J connectivity index is 1.58. The number of carboxylic acid groups (broad SMARTS) is 2. The normalized spacial score (nSPS) is 39.7. The molecule has 46 heavy (non-hydrogen) atoms. The average Bonchev–Trinajstić information content (AvgIpc) is 3.24. The molecule has 11 unspecified atom stereocenters. The van der Waals surface area contributed by atoms with Crippen molar-refractivity contribution in [2.24, 2.45) is 45.3 Å². The van der Waals surface area contributed by atoms with Crippen LogP contribution < -0.4 is 0 Å². The highest BCUT2D eigenvalue weighted by atomic mass is 16.5. The second-order valence-corrected chi connectivity index (χ2v) is 16.6. The molecule has 4 aliphatic carbocycles. The van der Waals surface area contributed by atoms with E-state index in [0.717, 1.165) is 44.1 Å².